The Morgan fingerprint density at radius 3 is 2.32 bits per heavy atom. The van der Waals surface area contributed by atoms with E-state index in [0.717, 1.165) is 42.9 Å². The number of nitrogens with one attached hydrogen (secondary N) is 2. The van der Waals surface area contributed by atoms with E-state index >= 15 is 0 Å². The van der Waals surface area contributed by atoms with Gasteiger partial charge in [-0.3, -0.25) is 0 Å². The van der Waals surface area contributed by atoms with Crippen molar-refractivity contribution in [1.29, 1.82) is 0 Å². The zero-order valence-electron chi connectivity index (χ0n) is 18.0. The number of aromatic nitrogens is 1. The molecule has 0 aliphatic carbocycles. The Kier molecular flexibility index (Phi) is 11.5. The SMILES string of the molecule is CC(C)=CCCC(C)=CCCC(C)=CCSCC(Nc1ccc(C)[nH]1)C(=O)O. The van der Waals surface area contributed by atoms with Crippen LogP contribution in [0.1, 0.15) is 59.1 Å². The number of carbonyl (C=O) groups is 1. The van der Waals surface area contributed by atoms with E-state index < -0.39 is 12.0 Å². The first-order chi connectivity index (χ1) is 13.3. The normalized spacial score (nSPS) is 13.3. The summed E-state index contributed by atoms with van der Waals surface area (Å²) in [5.74, 6) is 1.29. The molecule has 5 heteroatoms. The summed E-state index contributed by atoms with van der Waals surface area (Å²) in [4.78, 5) is 14.6. The maximum absolute atomic E-state index is 11.4. The van der Waals surface area contributed by atoms with Crippen LogP contribution in [0.2, 0.25) is 0 Å². The number of hydrogen-bond donors (Lipinski definition) is 3. The second-order valence-electron chi connectivity index (χ2n) is 7.59. The van der Waals surface area contributed by atoms with Gasteiger partial charge in [0.05, 0.1) is 0 Å². The molecule has 1 unspecified atom stereocenters. The fourth-order valence-corrected chi connectivity index (χ4v) is 3.68. The Bertz CT molecular complexity index is 697. The van der Waals surface area contributed by atoms with Gasteiger partial charge in [0.15, 0.2) is 0 Å². The molecule has 1 heterocycles. The Balaban J connectivity index is 2.30. The van der Waals surface area contributed by atoms with E-state index in [2.05, 4.69) is 56.2 Å². The molecule has 1 atom stereocenters. The zero-order valence-corrected chi connectivity index (χ0v) is 18.8. The average molecular weight is 405 g/mol. The van der Waals surface area contributed by atoms with Crippen LogP contribution in [0.15, 0.2) is 47.1 Å². The highest BCUT2D eigenvalue weighted by Crippen LogP contribution is 2.14. The minimum Gasteiger partial charge on any atom is -0.480 e. The van der Waals surface area contributed by atoms with Crippen LogP contribution in [0.5, 0.6) is 0 Å². The van der Waals surface area contributed by atoms with Gasteiger partial charge in [0.25, 0.3) is 0 Å². The Morgan fingerprint density at radius 2 is 1.75 bits per heavy atom. The summed E-state index contributed by atoms with van der Waals surface area (Å²) in [6.07, 6.45) is 11.2. The Morgan fingerprint density at radius 1 is 1.11 bits per heavy atom. The molecule has 4 nitrogen and oxygen atoms in total. The summed E-state index contributed by atoms with van der Waals surface area (Å²) < 4.78 is 0. The number of aromatic amines is 1. The van der Waals surface area contributed by atoms with Crippen LogP contribution in [0.25, 0.3) is 0 Å². The standard InChI is InChI=1S/C23H36N2O2S/c1-17(2)8-6-9-18(3)10-7-11-19(4)14-15-28-16-21(23(26)27)25-22-13-12-20(5)24-22/h8,10,12-14,21,24-25H,6-7,9,11,15-16H2,1-5H3,(H,26,27). The number of H-pyrrole nitrogens is 1. The summed E-state index contributed by atoms with van der Waals surface area (Å²) in [6, 6.07) is 3.20. The van der Waals surface area contributed by atoms with Gasteiger partial charge >= 0.3 is 5.97 Å². The quantitative estimate of drug-likeness (QED) is 0.265. The Labute approximate surface area is 174 Å². The van der Waals surface area contributed by atoms with Crippen LogP contribution in [-0.4, -0.2) is 33.6 Å². The van der Waals surface area contributed by atoms with Gasteiger partial charge in [-0.25, -0.2) is 4.79 Å². The predicted octanol–water partition coefficient (Wildman–Crippen LogP) is 6.34. The van der Waals surface area contributed by atoms with Gasteiger partial charge in [0.2, 0.25) is 0 Å². The number of carboxylic acids is 1. The molecule has 0 bridgehead atoms. The van der Waals surface area contributed by atoms with E-state index in [1.165, 1.54) is 16.7 Å². The highest BCUT2D eigenvalue weighted by molar-refractivity contribution is 7.99. The number of hydrogen-bond acceptors (Lipinski definition) is 3. The number of thioether (sulfide) groups is 1. The monoisotopic (exact) mass is 404 g/mol. The number of anilines is 1. The molecular weight excluding hydrogens is 368 g/mol. The molecule has 1 rings (SSSR count). The highest BCUT2D eigenvalue weighted by Gasteiger charge is 2.17. The molecule has 0 spiro atoms. The molecule has 3 N–H and O–H groups in total. The maximum Gasteiger partial charge on any atom is 0.327 e. The van der Waals surface area contributed by atoms with Crippen LogP contribution in [0.3, 0.4) is 0 Å². The number of carboxylic acid groups (broad SMARTS) is 1. The lowest BCUT2D eigenvalue weighted by Crippen LogP contribution is -2.31. The van der Waals surface area contributed by atoms with Crippen molar-refractivity contribution in [3.05, 3.63) is 52.8 Å². The minimum atomic E-state index is -0.825. The summed E-state index contributed by atoms with van der Waals surface area (Å²) in [6.45, 7) is 10.6. The molecule has 0 aliphatic heterocycles. The van der Waals surface area contributed by atoms with Crippen molar-refractivity contribution in [2.45, 2.75) is 66.3 Å². The van der Waals surface area contributed by atoms with E-state index in [0.29, 0.717) is 5.75 Å². The molecular formula is C23H36N2O2S. The molecule has 156 valence electrons. The van der Waals surface area contributed by atoms with Crippen LogP contribution >= 0.6 is 11.8 Å². The van der Waals surface area contributed by atoms with Crippen LogP contribution < -0.4 is 5.32 Å². The predicted molar refractivity (Wildman–Crippen MR) is 123 cm³/mol. The number of aryl methyl sites for hydroxylation is 1. The van der Waals surface area contributed by atoms with Crippen molar-refractivity contribution < 1.29 is 9.90 Å². The number of allylic oxidation sites excluding steroid dienone is 5. The molecule has 0 saturated heterocycles. The fraction of sp³-hybridized carbons (Fsp3) is 0.522. The summed E-state index contributed by atoms with van der Waals surface area (Å²) in [5, 5.41) is 12.4. The highest BCUT2D eigenvalue weighted by atomic mass is 32.2. The third-order valence-electron chi connectivity index (χ3n) is 4.42. The first kappa shape index (κ1) is 24.2. The molecule has 28 heavy (non-hydrogen) atoms. The van der Waals surface area contributed by atoms with Gasteiger partial charge in [-0.05, 0) is 72.4 Å². The largest absolute Gasteiger partial charge is 0.480 e. The van der Waals surface area contributed by atoms with Crippen molar-refractivity contribution in [1.82, 2.24) is 4.98 Å². The van der Waals surface area contributed by atoms with Gasteiger partial charge < -0.3 is 15.4 Å². The van der Waals surface area contributed by atoms with Crippen molar-refractivity contribution in [3.63, 3.8) is 0 Å². The maximum atomic E-state index is 11.4. The molecule has 0 amide bonds. The topological polar surface area (TPSA) is 65.1 Å². The second-order valence-corrected chi connectivity index (χ2v) is 8.66. The molecule has 0 radical (unpaired) electrons. The van der Waals surface area contributed by atoms with E-state index in [1.807, 2.05) is 19.1 Å². The summed E-state index contributed by atoms with van der Waals surface area (Å²) >= 11 is 1.64. The minimum absolute atomic E-state index is 0.528. The number of aliphatic carboxylic acids is 1. The van der Waals surface area contributed by atoms with E-state index in [1.54, 1.807) is 11.8 Å². The molecule has 0 saturated carbocycles. The molecule has 0 aromatic carbocycles. The summed E-state index contributed by atoms with van der Waals surface area (Å²) in [5.41, 5.74) is 5.21. The fourth-order valence-electron chi connectivity index (χ4n) is 2.68. The van der Waals surface area contributed by atoms with Crippen LogP contribution in [-0.2, 0) is 4.79 Å². The van der Waals surface area contributed by atoms with E-state index in [4.69, 9.17) is 0 Å². The average Bonchev–Trinajstić information content (AvgIpc) is 3.02. The van der Waals surface area contributed by atoms with Crippen LogP contribution in [0, 0.1) is 6.92 Å². The number of rotatable bonds is 13. The first-order valence-electron chi connectivity index (χ1n) is 9.95. The van der Waals surface area contributed by atoms with E-state index in [9.17, 15) is 9.90 Å². The molecule has 0 aliphatic rings. The lowest BCUT2D eigenvalue weighted by Gasteiger charge is -2.13. The lowest BCUT2D eigenvalue weighted by molar-refractivity contribution is -0.137. The first-order valence-corrected chi connectivity index (χ1v) is 11.1. The van der Waals surface area contributed by atoms with Crippen molar-refractivity contribution in [2.75, 3.05) is 16.8 Å². The van der Waals surface area contributed by atoms with Gasteiger partial charge in [0, 0.05) is 17.2 Å². The third kappa shape index (κ3) is 11.1. The third-order valence-corrected chi connectivity index (χ3v) is 5.39. The van der Waals surface area contributed by atoms with Crippen molar-refractivity contribution in [3.8, 4) is 0 Å². The summed E-state index contributed by atoms with van der Waals surface area (Å²) in [7, 11) is 0. The lowest BCUT2D eigenvalue weighted by atomic mass is 10.1. The zero-order chi connectivity index (χ0) is 20.9. The van der Waals surface area contributed by atoms with Crippen LogP contribution in [0.4, 0.5) is 5.82 Å². The molecule has 0 fully saturated rings. The van der Waals surface area contributed by atoms with Gasteiger partial charge in [-0.1, -0.05) is 34.9 Å². The smallest absolute Gasteiger partial charge is 0.327 e. The van der Waals surface area contributed by atoms with Gasteiger partial charge in [-0.15, -0.1) is 0 Å². The molecule has 1 aromatic rings. The van der Waals surface area contributed by atoms with Gasteiger partial charge in [0.1, 0.15) is 11.9 Å². The molecule has 1 aromatic heterocycles. The van der Waals surface area contributed by atoms with Crippen molar-refractivity contribution >= 4 is 23.5 Å². The van der Waals surface area contributed by atoms with E-state index in [-0.39, 0.29) is 0 Å². The Hall–Kier alpha value is -1.88. The van der Waals surface area contributed by atoms with Crippen molar-refractivity contribution in [2.24, 2.45) is 0 Å². The van der Waals surface area contributed by atoms with Gasteiger partial charge in [-0.2, -0.15) is 11.8 Å². The second kappa shape index (κ2) is 13.3.